The Kier molecular flexibility index (Phi) is 8.78. The Morgan fingerprint density at radius 3 is 2.20 bits per heavy atom. The number of aromatic nitrogens is 1. The summed E-state index contributed by atoms with van der Waals surface area (Å²) in [7, 11) is 0. The van der Waals surface area contributed by atoms with Crippen LogP contribution in [0.2, 0.25) is 0 Å². The molecule has 0 aliphatic rings. The molecule has 1 aromatic rings. The summed E-state index contributed by atoms with van der Waals surface area (Å²) in [6, 6.07) is 0. The molecule has 0 aliphatic heterocycles. The highest BCUT2D eigenvalue weighted by atomic mass is 35.5. The predicted molar refractivity (Wildman–Crippen MR) is 72.9 cm³/mol. The van der Waals surface area contributed by atoms with E-state index in [9.17, 15) is 9.59 Å². The van der Waals surface area contributed by atoms with Crippen molar-refractivity contribution >= 4 is 17.0 Å². The molecule has 0 aromatic carbocycles. The first-order valence-electron chi connectivity index (χ1n) is 6.96. The van der Waals surface area contributed by atoms with Gasteiger partial charge in [0.05, 0.1) is 6.61 Å². The molecule has 0 N–H and O–H groups in total. The molecular formula is C13H20ClNO5. The fourth-order valence-electron chi connectivity index (χ4n) is 1.91. The number of rotatable bonds is 11. The first kappa shape index (κ1) is 16.8. The van der Waals surface area contributed by atoms with Crippen LogP contribution in [-0.2, 0) is 11.2 Å². The molecular weight excluding hydrogens is 286 g/mol. The second-order valence-electron chi connectivity index (χ2n) is 4.59. The molecule has 0 saturated carbocycles. The molecule has 0 amide bonds. The van der Waals surface area contributed by atoms with Gasteiger partial charge in [-0.2, -0.15) is 0 Å². The van der Waals surface area contributed by atoms with E-state index in [-0.39, 0.29) is 0 Å². The molecule has 20 heavy (non-hydrogen) atoms. The van der Waals surface area contributed by atoms with Crippen molar-refractivity contribution in [2.24, 2.45) is 0 Å². The van der Waals surface area contributed by atoms with E-state index < -0.39 is 11.3 Å². The van der Waals surface area contributed by atoms with Crippen LogP contribution in [0.25, 0.3) is 0 Å². The Morgan fingerprint density at radius 2 is 1.65 bits per heavy atom. The van der Waals surface area contributed by atoms with Crippen LogP contribution < -0.4 is 5.82 Å². The van der Waals surface area contributed by atoms with Crippen LogP contribution in [0.3, 0.4) is 0 Å². The van der Waals surface area contributed by atoms with Crippen molar-refractivity contribution in [1.29, 1.82) is 0 Å². The summed E-state index contributed by atoms with van der Waals surface area (Å²) in [5, 5.41) is 3.50. The zero-order valence-corrected chi connectivity index (χ0v) is 12.2. The largest absolute Gasteiger partial charge is 0.542 e. The van der Waals surface area contributed by atoms with Crippen LogP contribution in [0.5, 0.6) is 0 Å². The number of carbonyl (C=O) groups is 1. The lowest BCUT2D eigenvalue weighted by molar-refractivity contribution is 0.170. The van der Waals surface area contributed by atoms with E-state index in [0.717, 1.165) is 38.5 Å². The smallest absolute Gasteiger partial charge is 0.454 e. The Bertz CT molecular complexity index is 428. The highest BCUT2D eigenvalue weighted by molar-refractivity contribution is 6.61. The van der Waals surface area contributed by atoms with Crippen molar-refractivity contribution in [1.82, 2.24) is 5.16 Å². The van der Waals surface area contributed by atoms with Gasteiger partial charge in [0.2, 0.25) is 5.89 Å². The summed E-state index contributed by atoms with van der Waals surface area (Å²) < 4.78 is 13.6. The van der Waals surface area contributed by atoms with Gasteiger partial charge in [-0.1, -0.05) is 38.5 Å². The SMILES string of the molecule is O=C(Cl)OCCCCCCCCCCc1noc(=O)o1. The lowest BCUT2D eigenvalue weighted by Crippen LogP contribution is -1.96. The standard InChI is InChI=1S/C13H20ClNO5/c14-12(16)18-10-8-6-4-2-1-3-5-7-9-11-15-20-13(17)19-11/h1-10H2. The van der Waals surface area contributed by atoms with Crippen LogP contribution in [-0.4, -0.2) is 17.2 Å². The lowest BCUT2D eigenvalue weighted by atomic mass is 10.1. The highest BCUT2D eigenvalue weighted by Crippen LogP contribution is 2.10. The van der Waals surface area contributed by atoms with Gasteiger partial charge in [0.15, 0.2) is 0 Å². The zero-order valence-electron chi connectivity index (χ0n) is 11.4. The van der Waals surface area contributed by atoms with E-state index in [4.69, 9.17) is 16.0 Å². The van der Waals surface area contributed by atoms with Gasteiger partial charge in [0.25, 0.3) is 0 Å². The number of aryl methyl sites for hydroxylation is 1. The summed E-state index contributed by atoms with van der Waals surface area (Å²) in [6.07, 6.45) is 9.23. The first-order valence-corrected chi connectivity index (χ1v) is 7.34. The molecule has 1 aromatic heterocycles. The minimum absolute atomic E-state index is 0.379. The van der Waals surface area contributed by atoms with Gasteiger partial charge in [-0.15, -0.1) is 0 Å². The Balaban J connectivity index is 1.81. The number of halogens is 1. The monoisotopic (exact) mass is 305 g/mol. The highest BCUT2D eigenvalue weighted by Gasteiger charge is 2.02. The van der Waals surface area contributed by atoms with Crippen molar-refractivity contribution in [3.05, 3.63) is 16.5 Å². The molecule has 6 nitrogen and oxygen atoms in total. The molecule has 114 valence electrons. The maximum atomic E-state index is 10.6. The average molecular weight is 306 g/mol. The number of carbonyl (C=O) groups excluding carboxylic acids is 1. The van der Waals surface area contributed by atoms with Crippen molar-refractivity contribution in [2.75, 3.05) is 6.61 Å². The minimum Gasteiger partial charge on any atom is -0.454 e. The summed E-state index contributed by atoms with van der Waals surface area (Å²) in [5.41, 5.74) is -0.729. The zero-order chi connectivity index (χ0) is 14.6. The second kappa shape index (κ2) is 10.5. The fourth-order valence-corrected chi connectivity index (χ4v) is 1.99. The van der Waals surface area contributed by atoms with Crippen LogP contribution >= 0.6 is 11.6 Å². The Morgan fingerprint density at radius 1 is 1.05 bits per heavy atom. The molecule has 0 radical (unpaired) electrons. The van der Waals surface area contributed by atoms with E-state index in [1.54, 1.807) is 0 Å². The van der Waals surface area contributed by atoms with E-state index in [1.165, 1.54) is 12.8 Å². The van der Waals surface area contributed by atoms with E-state index >= 15 is 0 Å². The third kappa shape index (κ3) is 8.74. The van der Waals surface area contributed by atoms with Crippen molar-refractivity contribution in [2.45, 2.75) is 57.8 Å². The van der Waals surface area contributed by atoms with Crippen molar-refractivity contribution in [3.63, 3.8) is 0 Å². The molecule has 0 bridgehead atoms. The lowest BCUT2D eigenvalue weighted by Gasteiger charge is -2.02. The van der Waals surface area contributed by atoms with E-state index in [0.29, 0.717) is 18.9 Å². The number of unbranched alkanes of at least 4 members (excludes halogenated alkanes) is 7. The molecule has 0 fully saturated rings. The van der Waals surface area contributed by atoms with E-state index in [2.05, 4.69) is 14.4 Å². The van der Waals surface area contributed by atoms with Crippen LogP contribution in [0, 0.1) is 0 Å². The molecule has 1 rings (SSSR count). The van der Waals surface area contributed by atoms with E-state index in [1.807, 2.05) is 0 Å². The van der Waals surface area contributed by atoms with Gasteiger partial charge in [0, 0.05) is 18.0 Å². The minimum atomic E-state index is -0.736. The molecule has 1 heterocycles. The second-order valence-corrected chi connectivity index (χ2v) is 4.90. The number of nitrogens with zero attached hydrogens (tertiary/aromatic N) is 1. The normalized spacial score (nSPS) is 10.7. The van der Waals surface area contributed by atoms with Gasteiger partial charge in [0.1, 0.15) is 0 Å². The van der Waals surface area contributed by atoms with Gasteiger partial charge in [-0.3, -0.25) is 4.52 Å². The Hall–Kier alpha value is -1.30. The van der Waals surface area contributed by atoms with Gasteiger partial charge in [-0.05, 0) is 18.0 Å². The van der Waals surface area contributed by atoms with Crippen LogP contribution in [0.1, 0.15) is 57.3 Å². The summed E-state index contributed by atoms with van der Waals surface area (Å²) in [6.45, 7) is 0.408. The average Bonchev–Trinajstić information content (AvgIpc) is 2.81. The van der Waals surface area contributed by atoms with Gasteiger partial charge >= 0.3 is 11.3 Å². The molecule has 0 unspecified atom stereocenters. The quantitative estimate of drug-likeness (QED) is 0.458. The summed E-state index contributed by atoms with van der Waals surface area (Å²) >= 11 is 5.04. The number of ether oxygens (including phenoxy) is 1. The first-order chi connectivity index (χ1) is 9.68. The van der Waals surface area contributed by atoms with Crippen molar-refractivity contribution in [3.8, 4) is 0 Å². The summed E-state index contributed by atoms with van der Waals surface area (Å²) in [4.78, 5) is 20.9. The molecule has 0 atom stereocenters. The third-order valence-corrected chi connectivity index (χ3v) is 3.03. The third-order valence-electron chi connectivity index (χ3n) is 2.92. The number of hydrogen-bond acceptors (Lipinski definition) is 6. The topological polar surface area (TPSA) is 82.5 Å². The summed E-state index contributed by atoms with van der Waals surface area (Å²) in [5.74, 6) is -0.358. The predicted octanol–water partition coefficient (Wildman–Crippen LogP) is 3.67. The molecule has 0 aliphatic carbocycles. The van der Waals surface area contributed by atoms with Gasteiger partial charge in [-0.25, -0.2) is 9.59 Å². The van der Waals surface area contributed by atoms with Gasteiger partial charge < -0.3 is 9.15 Å². The molecule has 7 heteroatoms. The maximum absolute atomic E-state index is 10.6. The maximum Gasteiger partial charge on any atom is 0.542 e. The molecule has 0 saturated heterocycles. The van der Waals surface area contributed by atoms with Crippen molar-refractivity contribution < 1.29 is 18.5 Å². The fraction of sp³-hybridized carbons (Fsp3) is 0.769. The van der Waals surface area contributed by atoms with Crippen LogP contribution in [0.4, 0.5) is 4.79 Å². The molecule has 0 spiro atoms. The number of hydrogen-bond donors (Lipinski definition) is 0. The van der Waals surface area contributed by atoms with Crippen LogP contribution in [0.15, 0.2) is 13.7 Å². The Labute approximate surface area is 122 Å².